The van der Waals surface area contributed by atoms with Crippen LogP contribution in [0, 0.1) is 5.82 Å². The van der Waals surface area contributed by atoms with E-state index >= 15 is 0 Å². The van der Waals surface area contributed by atoms with Crippen molar-refractivity contribution in [3.8, 4) is 5.75 Å². The number of rotatable bonds is 6. The Morgan fingerprint density at radius 3 is 2.33 bits per heavy atom. The topological polar surface area (TPSA) is 21.3 Å². The number of nitrogens with one attached hydrogen (secondary N) is 1. The zero-order chi connectivity index (χ0) is 15.2. The molecule has 1 N–H and O–H groups in total. The maximum atomic E-state index is 13.8. The van der Waals surface area contributed by atoms with Crippen LogP contribution in [0.5, 0.6) is 5.75 Å². The Morgan fingerprint density at radius 2 is 1.76 bits per heavy atom. The predicted molar refractivity (Wildman–Crippen MR) is 84.0 cm³/mol. The van der Waals surface area contributed by atoms with Gasteiger partial charge in [0, 0.05) is 17.6 Å². The highest BCUT2D eigenvalue weighted by atomic mass is 19.1. The fourth-order valence-electron chi connectivity index (χ4n) is 2.50. The molecule has 0 heterocycles. The van der Waals surface area contributed by atoms with Crippen molar-refractivity contribution in [2.75, 3.05) is 7.11 Å². The first kappa shape index (κ1) is 15.5. The molecule has 2 unspecified atom stereocenters. The molecule has 3 heteroatoms. The van der Waals surface area contributed by atoms with Gasteiger partial charge in [-0.05, 0) is 37.1 Å². The van der Waals surface area contributed by atoms with E-state index in [0.29, 0.717) is 5.56 Å². The lowest BCUT2D eigenvalue weighted by Crippen LogP contribution is -2.24. The Hall–Kier alpha value is -1.87. The average molecular weight is 287 g/mol. The molecule has 2 aromatic carbocycles. The van der Waals surface area contributed by atoms with Gasteiger partial charge in [-0.3, -0.25) is 0 Å². The average Bonchev–Trinajstić information content (AvgIpc) is 2.53. The molecule has 0 aliphatic rings. The molecule has 0 radical (unpaired) electrons. The second-order valence-electron chi connectivity index (χ2n) is 5.14. The maximum absolute atomic E-state index is 13.8. The highest BCUT2D eigenvalue weighted by Crippen LogP contribution is 2.25. The molecule has 2 nitrogen and oxygen atoms in total. The Labute approximate surface area is 126 Å². The van der Waals surface area contributed by atoms with E-state index in [4.69, 9.17) is 4.74 Å². The minimum atomic E-state index is -0.165. The van der Waals surface area contributed by atoms with E-state index in [9.17, 15) is 4.39 Å². The van der Waals surface area contributed by atoms with E-state index in [2.05, 4.69) is 12.2 Å². The molecular weight excluding hydrogens is 265 g/mol. The summed E-state index contributed by atoms with van der Waals surface area (Å²) in [5, 5.41) is 3.50. The van der Waals surface area contributed by atoms with Gasteiger partial charge in [-0.2, -0.15) is 0 Å². The van der Waals surface area contributed by atoms with Crippen LogP contribution in [0.3, 0.4) is 0 Å². The third kappa shape index (κ3) is 3.82. The van der Waals surface area contributed by atoms with Crippen LogP contribution < -0.4 is 10.1 Å². The number of ether oxygens (including phenoxy) is 1. The Balaban J connectivity index is 2.13. The van der Waals surface area contributed by atoms with Gasteiger partial charge in [-0.25, -0.2) is 4.39 Å². The van der Waals surface area contributed by atoms with Crippen LogP contribution in [0.15, 0.2) is 48.5 Å². The summed E-state index contributed by atoms with van der Waals surface area (Å²) in [6, 6.07) is 15.1. The standard InChI is InChI=1S/C18H22FNO/c1-4-18(14-9-11-15(21-3)12-10-14)20-13(2)16-7-5-6-8-17(16)19/h5-13,18,20H,4H2,1-3H3. The van der Waals surface area contributed by atoms with Crippen molar-refractivity contribution < 1.29 is 9.13 Å². The van der Waals surface area contributed by atoms with Crippen molar-refractivity contribution in [1.29, 1.82) is 0 Å². The first-order valence-corrected chi connectivity index (χ1v) is 7.30. The zero-order valence-corrected chi connectivity index (χ0v) is 12.8. The van der Waals surface area contributed by atoms with Crippen LogP contribution in [0.4, 0.5) is 4.39 Å². The monoisotopic (exact) mass is 287 g/mol. The van der Waals surface area contributed by atoms with Gasteiger partial charge in [0.25, 0.3) is 0 Å². The highest BCUT2D eigenvalue weighted by molar-refractivity contribution is 5.29. The second-order valence-corrected chi connectivity index (χ2v) is 5.14. The highest BCUT2D eigenvalue weighted by Gasteiger charge is 2.16. The number of halogens is 1. The van der Waals surface area contributed by atoms with E-state index < -0.39 is 0 Å². The molecule has 2 aromatic rings. The van der Waals surface area contributed by atoms with Gasteiger partial charge in [-0.1, -0.05) is 37.3 Å². The SMILES string of the molecule is CCC(NC(C)c1ccccc1F)c1ccc(OC)cc1. The van der Waals surface area contributed by atoms with Gasteiger partial charge in [0.1, 0.15) is 11.6 Å². The zero-order valence-electron chi connectivity index (χ0n) is 12.8. The normalized spacial score (nSPS) is 13.7. The molecule has 2 atom stereocenters. The van der Waals surface area contributed by atoms with Crippen LogP contribution >= 0.6 is 0 Å². The van der Waals surface area contributed by atoms with Crippen molar-refractivity contribution in [2.45, 2.75) is 32.4 Å². The molecule has 21 heavy (non-hydrogen) atoms. The number of hydrogen-bond donors (Lipinski definition) is 1. The van der Waals surface area contributed by atoms with Gasteiger partial charge < -0.3 is 10.1 Å². The van der Waals surface area contributed by atoms with Crippen LogP contribution in [0.25, 0.3) is 0 Å². The summed E-state index contributed by atoms with van der Waals surface area (Å²) in [7, 11) is 1.66. The van der Waals surface area contributed by atoms with Crippen LogP contribution in [-0.2, 0) is 0 Å². The first-order valence-electron chi connectivity index (χ1n) is 7.30. The van der Waals surface area contributed by atoms with E-state index in [0.717, 1.165) is 12.2 Å². The summed E-state index contributed by atoms with van der Waals surface area (Å²) < 4.78 is 19.0. The third-order valence-corrected chi connectivity index (χ3v) is 3.75. The van der Waals surface area contributed by atoms with Gasteiger partial charge >= 0.3 is 0 Å². The predicted octanol–water partition coefficient (Wildman–Crippen LogP) is 4.64. The number of hydrogen-bond acceptors (Lipinski definition) is 2. The van der Waals surface area contributed by atoms with Gasteiger partial charge in [0.2, 0.25) is 0 Å². The summed E-state index contributed by atoms with van der Waals surface area (Å²) >= 11 is 0. The Kier molecular flexibility index (Phi) is 5.34. The summed E-state index contributed by atoms with van der Waals surface area (Å²) in [6.45, 7) is 4.11. The van der Waals surface area contributed by atoms with Crippen LogP contribution in [0.1, 0.15) is 43.5 Å². The van der Waals surface area contributed by atoms with Gasteiger partial charge in [0.15, 0.2) is 0 Å². The fraction of sp³-hybridized carbons (Fsp3) is 0.333. The molecular formula is C18H22FNO. The first-order chi connectivity index (χ1) is 10.2. The lowest BCUT2D eigenvalue weighted by Gasteiger charge is -2.23. The second kappa shape index (κ2) is 7.23. The van der Waals surface area contributed by atoms with Crippen molar-refractivity contribution in [3.05, 3.63) is 65.5 Å². The van der Waals surface area contributed by atoms with Crippen molar-refractivity contribution in [3.63, 3.8) is 0 Å². The molecule has 0 aliphatic heterocycles. The summed E-state index contributed by atoms with van der Waals surface area (Å²) in [4.78, 5) is 0. The molecule has 0 spiro atoms. The molecule has 0 aromatic heterocycles. The molecule has 0 aliphatic carbocycles. The van der Waals surface area contributed by atoms with Gasteiger partial charge in [-0.15, -0.1) is 0 Å². The van der Waals surface area contributed by atoms with Crippen LogP contribution in [0.2, 0.25) is 0 Å². The smallest absolute Gasteiger partial charge is 0.127 e. The molecule has 0 saturated heterocycles. The molecule has 0 amide bonds. The van der Waals surface area contributed by atoms with E-state index in [1.165, 1.54) is 11.6 Å². The minimum absolute atomic E-state index is 0.0433. The third-order valence-electron chi connectivity index (χ3n) is 3.75. The quantitative estimate of drug-likeness (QED) is 0.836. The summed E-state index contributed by atoms with van der Waals surface area (Å²) in [5.74, 6) is 0.679. The Morgan fingerprint density at radius 1 is 1.10 bits per heavy atom. The lowest BCUT2D eigenvalue weighted by atomic mass is 10.0. The van der Waals surface area contributed by atoms with Crippen molar-refractivity contribution in [1.82, 2.24) is 5.32 Å². The Bertz CT molecular complexity index is 568. The molecule has 0 saturated carbocycles. The van der Waals surface area contributed by atoms with E-state index in [1.54, 1.807) is 13.2 Å². The largest absolute Gasteiger partial charge is 0.497 e. The number of methoxy groups -OCH3 is 1. The molecule has 112 valence electrons. The van der Waals surface area contributed by atoms with E-state index in [1.807, 2.05) is 43.3 Å². The maximum Gasteiger partial charge on any atom is 0.127 e. The van der Waals surface area contributed by atoms with Gasteiger partial charge in [0.05, 0.1) is 7.11 Å². The molecule has 0 bridgehead atoms. The van der Waals surface area contributed by atoms with Crippen molar-refractivity contribution >= 4 is 0 Å². The van der Waals surface area contributed by atoms with Crippen molar-refractivity contribution in [2.24, 2.45) is 0 Å². The fourth-order valence-corrected chi connectivity index (χ4v) is 2.50. The molecule has 0 fully saturated rings. The lowest BCUT2D eigenvalue weighted by molar-refractivity contribution is 0.413. The van der Waals surface area contributed by atoms with Crippen LogP contribution in [-0.4, -0.2) is 7.11 Å². The number of benzene rings is 2. The van der Waals surface area contributed by atoms with E-state index in [-0.39, 0.29) is 17.9 Å². The minimum Gasteiger partial charge on any atom is -0.497 e. The summed E-state index contributed by atoms with van der Waals surface area (Å²) in [6.07, 6.45) is 0.936. The summed E-state index contributed by atoms with van der Waals surface area (Å²) in [5.41, 5.74) is 1.88. The molecule has 2 rings (SSSR count).